The van der Waals surface area contributed by atoms with Crippen LogP contribution in [0.1, 0.15) is 28.8 Å². The quantitative estimate of drug-likeness (QED) is 0.924. The van der Waals surface area contributed by atoms with Crippen LogP contribution in [0.25, 0.3) is 0 Å². The number of halogens is 1. The van der Waals surface area contributed by atoms with Crippen molar-refractivity contribution in [3.05, 3.63) is 70.7 Å². The van der Waals surface area contributed by atoms with Gasteiger partial charge in [-0.2, -0.15) is 0 Å². The van der Waals surface area contributed by atoms with Crippen LogP contribution in [0.15, 0.2) is 48.5 Å². The summed E-state index contributed by atoms with van der Waals surface area (Å²) < 4.78 is 0. The predicted molar refractivity (Wildman–Crippen MR) is 85.8 cm³/mol. The molecule has 0 atom stereocenters. The molecule has 1 aliphatic heterocycles. The molecule has 2 aromatic rings. The van der Waals surface area contributed by atoms with E-state index >= 15 is 0 Å². The van der Waals surface area contributed by atoms with Crippen molar-refractivity contribution in [3.8, 4) is 0 Å². The van der Waals surface area contributed by atoms with E-state index in [1.165, 1.54) is 0 Å². The van der Waals surface area contributed by atoms with Gasteiger partial charge in [0.2, 0.25) is 0 Å². The monoisotopic (exact) mass is 314 g/mol. The molecule has 1 heterocycles. The van der Waals surface area contributed by atoms with E-state index in [-0.39, 0.29) is 5.91 Å². The molecule has 1 saturated heterocycles. The second kappa shape index (κ2) is 6.11. The summed E-state index contributed by atoms with van der Waals surface area (Å²) in [6.07, 6.45) is 0.970. The van der Waals surface area contributed by atoms with Gasteiger partial charge in [-0.05, 0) is 37.1 Å². The summed E-state index contributed by atoms with van der Waals surface area (Å²) in [5, 5.41) is 11.4. The summed E-state index contributed by atoms with van der Waals surface area (Å²) in [6, 6.07) is 17.3. The van der Waals surface area contributed by atoms with Gasteiger partial charge in [0.05, 0.1) is 5.60 Å². The Hall–Kier alpha value is -1.84. The Bertz CT molecular complexity index is 664. The summed E-state index contributed by atoms with van der Waals surface area (Å²) in [7, 11) is 0. The van der Waals surface area contributed by atoms with E-state index in [1.54, 1.807) is 35.2 Å². The van der Waals surface area contributed by atoms with Crippen LogP contribution in [0, 0.1) is 6.07 Å². The number of likely N-dealkylation sites (tertiary alicyclic amines) is 1. The molecule has 1 N–H and O–H groups in total. The molecule has 3 nitrogen and oxygen atoms in total. The maximum absolute atomic E-state index is 12.4. The van der Waals surface area contributed by atoms with Crippen molar-refractivity contribution in [2.45, 2.75) is 18.4 Å². The molecule has 1 amide bonds. The molecule has 0 spiro atoms. The Morgan fingerprint density at radius 1 is 1.18 bits per heavy atom. The number of benzene rings is 2. The van der Waals surface area contributed by atoms with Gasteiger partial charge in [0, 0.05) is 29.2 Å². The van der Waals surface area contributed by atoms with Gasteiger partial charge >= 0.3 is 0 Å². The number of carbonyl (C=O) groups excluding carboxylic acids is 1. The van der Waals surface area contributed by atoms with Crippen molar-refractivity contribution in [3.63, 3.8) is 0 Å². The van der Waals surface area contributed by atoms with Crippen LogP contribution >= 0.6 is 11.6 Å². The van der Waals surface area contributed by atoms with E-state index in [9.17, 15) is 9.90 Å². The lowest BCUT2D eigenvalue weighted by Crippen LogP contribution is -2.45. The standard InChI is InChI=1S/C18H17ClNO2/c19-16-9-5-4-8-15(16)18(22)10-12-20(13-11-18)17(21)14-6-2-1-3-7-14/h1-2,4-9,22H,10-13H2. The maximum atomic E-state index is 12.4. The third-order valence-electron chi connectivity index (χ3n) is 4.21. The number of piperidine rings is 1. The summed E-state index contributed by atoms with van der Waals surface area (Å²) in [5.41, 5.74) is 0.417. The molecule has 3 rings (SSSR count). The van der Waals surface area contributed by atoms with Crippen LogP contribution in [-0.4, -0.2) is 29.0 Å². The van der Waals surface area contributed by atoms with E-state index in [4.69, 9.17) is 11.6 Å². The average Bonchev–Trinajstić information content (AvgIpc) is 2.56. The van der Waals surface area contributed by atoms with Crippen LogP contribution in [-0.2, 0) is 5.60 Å². The number of nitrogens with zero attached hydrogens (tertiary/aromatic N) is 1. The lowest BCUT2D eigenvalue weighted by Gasteiger charge is -2.39. The molecular formula is C18H17ClNO2. The molecule has 4 heteroatoms. The Morgan fingerprint density at radius 3 is 2.55 bits per heavy atom. The molecule has 0 aliphatic carbocycles. The summed E-state index contributed by atoms with van der Waals surface area (Å²) in [5.74, 6) is -0.0157. The fourth-order valence-electron chi connectivity index (χ4n) is 2.90. The highest BCUT2D eigenvalue weighted by Gasteiger charge is 2.36. The molecule has 1 radical (unpaired) electrons. The smallest absolute Gasteiger partial charge is 0.253 e. The molecule has 2 aromatic carbocycles. The van der Waals surface area contributed by atoms with Crippen LogP contribution in [0.3, 0.4) is 0 Å². The van der Waals surface area contributed by atoms with E-state index < -0.39 is 5.60 Å². The lowest BCUT2D eigenvalue weighted by atomic mass is 9.84. The van der Waals surface area contributed by atoms with Gasteiger partial charge in [0.25, 0.3) is 5.91 Å². The predicted octanol–water partition coefficient (Wildman–Crippen LogP) is 3.26. The van der Waals surface area contributed by atoms with Crippen molar-refractivity contribution >= 4 is 17.5 Å². The number of carbonyl (C=O) groups is 1. The molecule has 1 fully saturated rings. The number of hydrogen-bond donors (Lipinski definition) is 1. The first-order chi connectivity index (χ1) is 10.6. The van der Waals surface area contributed by atoms with Gasteiger partial charge < -0.3 is 10.0 Å². The van der Waals surface area contributed by atoms with E-state index in [1.807, 2.05) is 18.2 Å². The minimum Gasteiger partial charge on any atom is -0.385 e. The normalized spacial score (nSPS) is 17.3. The van der Waals surface area contributed by atoms with Gasteiger partial charge in [-0.15, -0.1) is 0 Å². The molecular weight excluding hydrogens is 298 g/mol. The molecule has 0 unspecified atom stereocenters. The molecule has 22 heavy (non-hydrogen) atoms. The second-order valence-electron chi connectivity index (χ2n) is 5.60. The minimum atomic E-state index is -0.960. The number of rotatable bonds is 2. The lowest BCUT2D eigenvalue weighted by molar-refractivity contribution is -0.0210. The van der Waals surface area contributed by atoms with E-state index in [0.717, 1.165) is 5.56 Å². The van der Waals surface area contributed by atoms with Gasteiger partial charge in [-0.3, -0.25) is 4.79 Å². The maximum Gasteiger partial charge on any atom is 0.253 e. The zero-order valence-electron chi connectivity index (χ0n) is 12.1. The minimum absolute atomic E-state index is 0.0157. The van der Waals surface area contributed by atoms with Crippen molar-refractivity contribution < 1.29 is 9.90 Å². The van der Waals surface area contributed by atoms with Gasteiger partial charge in [0.1, 0.15) is 0 Å². The van der Waals surface area contributed by atoms with Crippen molar-refractivity contribution in [1.82, 2.24) is 4.90 Å². The molecule has 113 valence electrons. The molecule has 1 aliphatic rings. The van der Waals surface area contributed by atoms with Gasteiger partial charge in [-0.25, -0.2) is 0 Å². The summed E-state index contributed by atoms with van der Waals surface area (Å²) in [6.45, 7) is 1.02. The Labute approximate surface area is 135 Å². The van der Waals surface area contributed by atoms with Gasteiger partial charge in [0.15, 0.2) is 0 Å². The first kappa shape index (κ1) is 15.1. The van der Waals surface area contributed by atoms with E-state index in [0.29, 0.717) is 36.5 Å². The summed E-state index contributed by atoms with van der Waals surface area (Å²) >= 11 is 6.20. The third kappa shape index (κ3) is 2.87. The van der Waals surface area contributed by atoms with Gasteiger partial charge in [-0.1, -0.05) is 41.9 Å². The summed E-state index contributed by atoms with van der Waals surface area (Å²) in [4.78, 5) is 14.2. The van der Waals surface area contributed by atoms with Crippen LogP contribution in [0.5, 0.6) is 0 Å². The number of amides is 1. The highest BCUT2D eigenvalue weighted by Crippen LogP contribution is 2.36. The van der Waals surface area contributed by atoms with Crippen LogP contribution in [0.2, 0.25) is 5.02 Å². The van der Waals surface area contributed by atoms with Crippen molar-refractivity contribution in [1.29, 1.82) is 0 Å². The third-order valence-corrected chi connectivity index (χ3v) is 4.54. The second-order valence-corrected chi connectivity index (χ2v) is 6.00. The fraction of sp³-hybridized carbons (Fsp3) is 0.278. The Kier molecular flexibility index (Phi) is 4.19. The zero-order chi connectivity index (χ0) is 15.6. The first-order valence-corrected chi connectivity index (χ1v) is 7.71. The average molecular weight is 315 g/mol. The molecule has 0 bridgehead atoms. The van der Waals surface area contributed by atoms with Crippen molar-refractivity contribution in [2.75, 3.05) is 13.1 Å². The SMILES string of the molecule is O=C(c1c[c]ccc1)N1CCC(O)(c2ccccc2Cl)CC1. The highest BCUT2D eigenvalue weighted by atomic mass is 35.5. The topological polar surface area (TPSA) is 40.5 Å². The van der Waals surface area contributed by atoms with Crippen molar-refractivity contribution in [2.24, 2.45) is 0 Å². The Morgan fingerprint density at radius 2 is 1.91 bits per heavy atom. The van der Waals surface area contributed by atoms with Crippen LogP contribution < -0.4 is 0 Å². The number of aliphatic hydroxyl groups is 1. The van der Waals surface area contributed by atoms with Crippen LogP contribution in [0.4, 0.5) is 0 Å². The number of hydrogen-bond acceptors (Lipinski definition) is 2. The Balaban J connectivity index is 1.73. The molecule has 0 saturated carbocycles. The zero-order valence-corrected chi connectivity index (χ0v) is 12.9. The fourth-order valence-corrected chi connectivity index (χ4v) is 3.21. The van der Waals surface area contributed by atoms with E-state index in [2.05, 4.69) is 6.07 Å². The molecule has 0 aromatic heterocycles. The largest absolute Gasteiger partial charge is 0.385 e. The first-order valence-electron chi connectivity index (χ1n) is 7.33. The highest BCUT2D eigenvalue weighted by molar-refractivity contribution is 6.31.